The third-order valence-electron chi connectivity index (χ3n) is 20.7. The molecule has 15 aromatic rings. The van der Waals surface area contributed by atoms with Crippen LogP contribution in [0.4, 0.5) is 0 Å². The molecular weight excluding hydrogens is 1060 g/mol. The zero-order valence-electron chi connectivity index (χ0n) is 51.2. The molecule has 0 heteroatoms. The van der Waals surface area contributed by atoms with Crippen LogP contribution in [0.2, 0.25) is 0 Å². The molecule has 0 aliphatic heterocycles. The molecule has 0 spiro atoms. The quantitative estimate of drug-likeness (QED) is 0.146. The van der Waals surface area contributed by atoms with Crippen LogP contribution < -0.4 is 0 Å². The lowest BCUT2D eigenvalue weighted by Crippen LogP contribution is -2.15. The van der Waals surface area contributed by atoms with Crippen molar-refractivity contribution in [2.75, 3.05) is 0 Å². The molecule has 0 N–H and O–H groups in total. The summed E-state index contributed by atoms with van der Waals surface area (Å²) in [6.07, 6.45) is 0. The second kappa shape index (κ2) is 19.2. The second-order valence-electron chi connectivity index (χ2n) is 26.4. The molecule has 17 rings (SSSR count). The smallest absolute Gasteiger partial charge is 0.0159 e. The maximum Gasteiger partial charge on any atom is 0.0159 e. The number of aryl methyl sites for hydroxylation is 4. The van der Waals surface area contributed by atoms with Gasteiger partial charge in [0.25, 0.3) is 0 Å². The first-order valence-corrected chi connectivity index (χ1v) is 31.4. The molecule has 0 heterocycles. The van der Waals surface area contributed by atoms with Gasteiger partial charge in [0.05, 0.1) is 0 Å². The van der Waals surface area contributed by atoms with Gasteiger partial charge in [-0.3, -0.25) is 0 Å². The Labute approximate surface area is 516 Å². The van der Waals surface area contributed by atoms with Gasteiger partial charge in [-0.15, -0.1) is 0 Å². The third-order valence-corrected chi connectivity index (χ3v) is 20.7. The minimum absolute atomic E-state index is 0.222. The Balaban J connectivity index is 0.762. The van der Waals surface area contributed by atoms with Crippen LogP contribution in [-0.4, -0.2) is 0 Å². The van der Waals surface area contributed by atoms with E-state index in [0.717, 1.165) is 0 Å². The van der Waals surface area contributed by atoms with Crippen molar-refractivity contribution in [2.24, 2.45) is 0 Å². The van der Waals surface area contributed by atoms with Crippen molar-refractivity contribution in [3.05, 3.63) is 299 Å². The normalized spacial score (nSPS) is 13.6. The Morgan fingerprint density at radius 1 is 0.193 bits per heavy atom. The van der Waals surface area contributed by atoms with E-state index in [-0.39, 0.29) is 10.8 Å². The monoisotopic (exact) mass is 1120 g/mol. The van der Waals surface area contributed by atoms with Crippen molar-refractivity contribution in [3.8, 4) is 89.0 Å². The summed E-state index contributed by atoms with van der Waals surface area (Å²) in [5, 5.41) is 15.6. The van der Waals surface area contributed by atoms with Gasteiger partial charge in [-0.05, 0) is 250 Å². The number of benzene rings is 15. The summed E-state index contributed by atoms with van der Waals surface area (Å²) in [7, 11) is 0. The van der Waals surface area contributed by atoms with Gasteiger partial charge in [0, 0.05) is 10.8 Å². The van der Waals surface area contributed by atoms with Crippen LogP contribution in [0.3, 0.4) is 0 Å². The minimum Gasteiger partial charge on any atom is -0.0622 e. The molecule has 88 heavy (non-hydrogen) atoms. The number of hydrogen-bond acceptors (Lipinski definition) is 0. The van der Waals surface area contributed by atoms with Crippen LogP contribution >= 0.6 is 0 Å². The van der Waals surface area contributed by atoms with Crippen molar-refractivity contribution in [3.63, 3.8) is 0 Å². The molecule has 418 valence electrons. The molecule has 0 saturated heterocycles. The first kappa shape index (κ1) is 52.2. The Kier molecular flexibility index (Phi) is 11.4. The first-order valence-electron chi connectivity index (χ1n) is 31.4. The summed E-state index contributed by atoms with van der Waals surface area (Å²) in [6.45, 7) is 18.9. The van der Waals surface area contributed by atoms with E-state index in [1.165, 1.54) is 198 Å². The van der Waals surface area contributed by atoms with Crippen molar-refractivity contribution in [2.45, 2.75) is 66.2 Å². The number of fused-ring (bicyclic) bond motifs is 12. The fourth-order valence-electron chi connectivity index (χ4n) is 16.6. The highest BCUT2D eigenvalue weighted by atomic mass is 14.4. The Hall–Kier alpha value is -10.1. The molecule has 0 amide bonds. The molecule has 0 fully saturated rings. The van der Waals surface area contributed by atoms with Crippen LogP contribution in [0, 0.1) is 27.7 Å². The average molecular weight is 1120 g/mol. The van der Waals surface area contributed by atoms with Gasteiger partial charge in [0.15, 0.2) is 0 Å². The lowest BCUT2D eigenvalue weighted by molar-refractivity contribution is 0.660. The lowest BCUT2D eigenvalue weighted by atomic mass is 9.78. The molecule has 2 aliphatic carbocycles. The van der Waals surface area contributed by atoms with Crippen molar-refractivity contribution in [1.29, 1.82) is 0 Å². The van der Waals surface area contributed by atoms with Crippen LogP contribution in [-0.2, 0) is 10.8 Å². The van der Waals surface area contributed by atoms with Gasteiger partial charge in [-0.2, -0.15) is 0 Å². The van der Waals surface area contributed by atoms with Gasteiger partial charge < -0.3 is 0 Å². The maximum atomic E-state index is 2.53. The Morgan fingerprint density at radius 3 is 0.784 bits per heavy atom. The second-order valence-corrected chi connectivity index (χ2v) is 26.4. The van der Waals surface area contributed by atoms with Crippen molar-refractivity contribution >= 4 is 64.6 Å². The van der Waals surface area contributed by atoms with E-state index in [1.54, 1.807) is 0 Å². The van der Waals surface area contributed by atoms with Crippen LogP contribution in [0.5, 0.6) is 0 Å². The molecule has 2 aliphatic rings. The topological polar surface area (TPSA) is 0 Å². The van der Waals surface area contributed by atoms with Gasteiger partial charge >= 0.3 is 0 Å². The summed E-state index contributed by atoms with van der Waals surface area (Å²) in [5.41, 5.74) is 30.9. The molecule has 0 bridgehead atoms. The molecule has 0 nitrogen and oxygen atoms in total. The summed E-state index contributed by atoms with van der Waals surface area (Å²) in [4.78, 5) is 0. The van der Waals surface area contributed by atoms with Gasteiger partial charge in [-0.1, -0.05) is 258 Å². The highest BCUT2D eigenvalue weighted by Gasteiger charge is 2.39. The van der Waals surface area contributed by atoms with Crippen molar-refractivity contribution in [1.82, 2.24) is 0 Å². The zero-order chi connectivity index (χ0) is 59.5. The molecule has 0 saturated carbocycles. The lowest BCUT2D eigenvalue weighted by Gasteiger charge is -2.25. The van der Waals surface area contributed by atoms with E-state index < -0.39 is 0 Å². The maximum absolute atomic E-state index is 2.53. The van der Waals surface area contributed by atoms with Crippen molar-refractivity contribution < 1.29 is 0 Å². The predicted molar refractivity (Wildman–Crippen MR) is 378 cm³/mol. The van der Waals surface area contributed by atoms with E-state index in [1.807, 2.05) is 0 Å². The summed E-state index contributed by atoms with van der Waals surface area (Å²) < 4.78 is 0. The van der Waals surface area contributed by atoms with E-state index >= 15 is 0 Å². The van der Waals surface area contributed by atoms with Gasteiger partial charge in [-0.25, -0.2) is 0 Å². The molecule has 15 aromatic carbocycles. The summed E-state index contributed by atoms with van der Waals surface area (Å²) >= 11 is 0. The van der Waals surface area contributed by atoms with Crippen LogP contribution in [0.1, 0.15) is 72.2 Å². The fourth-order valence-corrected chi connectivity index (χ4v) is 16.6. The first-order chi connectivity index (χ1) is 42.9. The predicted octanol–water partition coefficient (Wildman–Crippen LogP) is 24.5. The number of hydrogen-bond donors (Lipinski definition) is 0. The molecule has 0 radical (unpaired) electrons. The Morgan fingerprint density at radius 2 is 0.443 bits per heavy atom. The molecular formula is C88H66. The van der Waals surface area contributed by atoms with Crippen LogP contribution in [0.25, 0.3) is 154 Å². The van der Waals surface area contributed by atoms with E-state index in [4.69, 9.17) is 0 Å². The van der Waals surface area contributed by atoms with Gasteiger partial charge in [0.1, 0.15) is 0 Å². The highest BCUT2D eigenvalue weighted by Crippen LogP contribution is 2.57. The van der Waals surface area contributed by atoms with E-state index in [0.29, 0.717) is 0 Å². The molecule has 0 atom stereocenters. The number of rotatable bonds is 6. The van der Waals surface area contributed by atoms with Gasteiger partial charge in [0.2, 0.25) is 0 Å². The average Bonchev–Trinajstić information content (AvgIpc) is 0.913. The zero-order valence-corrected chi connectivity index (χ0v) is 51.2. The third kappa shape index (κ3) is 7.39. The van der Waals surface area contributed by atoms with E-state index in [9.17, 15) is 0 Å². The standard InChI is InChI=1S/C88H66/c1-51-23-19-35-69-77(51)83(55-27-11-9-12-28-55)78-52(2)24-20-36-70(78)82(69)60-42-46-64-62-44-40-58(48-74(62)88(7,8)76(64)50-60)57-39-43-61-63-45-41-59(49-75(63)87(5,6)73(61)47-57)81-65-31-15-17-33-67(65)85(68-34-18-16-32-66(68)81)86-71-37-21-25-53(3)79(71)84(56-29-13-10-14-30-56)80-54(4)26-22-38-72(80)86/h9-50H,1-8H3. The van der Waals surface area contributed by atoms with E-state index in [2.05, 4.69) is 310 Å². The summed E-state index contributed by atoms with van der Waals surface area (Å²) in [5.74, 6) is 0. The largest absolute Gasteiger partial charge is 0.0622 e. The molecule has 0 unspecified atom stereocenters. The molecule has 0 aromatic heterocycles. The minimum atomic E-state index is -0.246. The summed E-state index contributed by atoms with van der Waals surface area (Å²) in [6, 6.07) is 97.2. The highest BCUT2D eigenvalue weighted by molar-refractivity contribution is 6.31. The van der Waals surface area contributed by atoms with Crippen LogP contribution in [0.15, 0.2) is 255 Å². The Bertz CT molecular complexity index is 5330. The fraction of sp³-hybridized carbons (Fsp3) is 0.114. The SMILES string of the molecule is Cc1cccc2c(-c3ccc4c(c3)C(C)(C)c3cc(-c5ccc6c(c5)C(C)(C)c5cc(-c7c8ccccc8c(-c8c9cccc(C)c9c(-c9ccccc9)c9c(C)cccc89)c8ccccc78)ccc5-6)ccc3-4)c3cccc(C)c3c(-c3ccccc3)c12.